The lowest BCUT2D eigenvalue weighted by molar-refractivity contribution is -0.158. The number of fused-ring (bicyclic) bond motifs is 1. The van der Waals surface area contributed by atoms with E-state index < -0.39 is 42.2 Å². The lowest BCUT2D eigenvalue weighted by atomic mass is 9.85. The fourth-order valence-electron chi connectivity index (χ4n) is 3.22. The lowest BCUT2D eigenvalue weighted by Crippen LogP contribution is -2.39. The number of allylic oxidation sites excluding steroid dienone is 2. The highest BCUT2D eigenvalue weighted by Crippen LogP contribution is 2.34. The summed E-state index contributed by atoms with van der Waals surface area (Å²) in [6.45, 7) is 0.854. The van der Waals surface area contributed by atoms with Gasteiger partial charge in [-0.3, -0.25) is 24.1 Å². The Morgan fingerprint density at radius 3 is 2.26 bits per heavy atom. The molecule has 0 aromatic heterocycles. The highest BCUT2D eigenvalue weighted by molar-refractivity contribution is 6.07. The largest absolute Gasteiger partial charge is 0.451 e. The summed E-state index contributed by atoms with van der Waals surface area (Å²) in [5, 5.41) is 2.49. The minimum Gasteiger partial charge on any atom is -0.451 e. The molecule has 2 aliphatic rings. The Morgan fingerprint density at radius 2 is 1.70 bits per heavy atom. The predicted octanol–water partition coefficient (Wildman–Crippen LogP) is 1.65. The molecule has 1 aromatic carbocycles. The first-order valence-corrected chi connectivity index (χ1v) is 8.63. The Balaban J connectivity index is 1.54. The Hall–Kier alpha value is -3.03. The number of imide groups is 1. The fourth-order valence-corrected chi connectivity index (χ4v) is 3.22. The first-order valence-electron chi connectivity index (χ1n) is 8.63. The highest BCUT2D eigenvalue weighted by atomic mass is 19.1. The van der Waals surface area contributed by atoms with E-state index in [0.717, 1.165) is 4.90 Å². The smallest absolute Gasteiger partial charge is 0.326 e. The zero-order valence-corrected chi connectivity index (χ0v) is 14.7. The van der Waals surface area contributed by atoms with Crippen LogP contribution >= 0.6 is 0 Å². The second-order valence-corrected chi connectivity index (χ2v) is 6.55. The van der Waals surface area contributed by atoms with Crippen LogP contribution in [-0.2, 0) is 23.9 Å². The van der Waals surface area contributed by atoms with Crippen molar-refractivity contribution in [2.75, 3.05) is 11.9 Å². The van der Waals surface area contributed by atoms with E-state index in [2.05, 4.69) is 5.32 Å². The number of likely N-dealkylation sites (tertiary alicyclic amines) is 1. The highest BCUT2D eigenvalue weighted by Gasteiger charge is 2.47. The quantitative estimate of drug-likeness (QED) is 0.481. The molecule has 1 aromatic rings. The molecular formula is C19H19FN2O5. The Morgan fingerprint density at radius 1 is 1.15 bits per heavy atom. The summed E-state index contributed by atoms with van der Waals surface area (Å²) in [6, 6.07) is 5.12. The molecule has 1 saturated heterocycles. The van der Waals surface area contributed by atoms with E-state index in [1.807, 2.05) is 12.2 Å². The van der Waals surface area contributed by atoms with Crippen LogP contribution in [0.3, 0.4) is 0 Å². The van der Waals surface area contributed by atoms with Gasteiger partial charge in [-0.25, -0.2) is 4.39 Å². The van der Waals surface area contributed by atoms with Crippen molar-refractivity contribution in [1.29, 1.82) is 0 Å². The van der Waals surface area contributed by atoms with Crippen molar-refractivity contribution in [2.45, 2.75) is 25.9 Å². The zero-order chi connectivity index (χ0) is 19.6. The van der Waals surface area contributed by atoms with E-state index in [1.165, 1.54) is 31.2 Å². The zero-order valence-electron chi connectivity index (χ0n) is 14.7. The molecule has 3 amide bonds. The minimum atomic E-state index is -1.14. The number of anilines is 1. The molecule has 8 heteroatoms. The van der Waals surface area contributed by atoms with E-state index in [0.29, 0.717) is 18.5 Å². The third-order valence-electron chi connectivity index (χ3n) is 4.68. The topological polar surface area (TPSA) is 92.8 Å². The Labute approximate surface area is 155 Å². The van der Waals surface area contributed by atoms with Crippen molar-refractivity contribution in [3.63, 3.8) is 0 Å². The molecule has 0 unspecified atom stereocenters. The van der Waals surface area contributed by atoms with E-state index in [9.17, 15) is 23.6 Å². The van der Waals surface area contributed by atoms with Gasteiger partial charge in [0.05, 0.1) is 11.8 Å². The molecule has 1 fully saturated rings. The van der Waals surface area contributed by atoms with E-state index in [4.69, 9.17) is 4.74 Å². The number of hydrogen-bond acceptors (Lipinski definition) is 5. The molecule has 27 heavy (non-hydrogen) atoms. The van der Waals surface area contributed by atoms with Crippen LogP contribution in [0.2, 0.25) is 0 Å². The third-order valence-corrected chi connectivity index (χ3v) is 4.68. The van der Waals surface area contributed by atoms with Gasteiger partial charge in [0.25, 0.3) is 5.91 Å². The average molecular weight is 374 g/mol. The molecule has 7 nitrogen and oxygen atoms in total. The number of ether oxygens (including phenoxy) is 1. The first-order chi connectivity index (χ1) is 12.9. The summed E-state index contributed by atoms with van der Waals surface area (Å²) in [7, 11) is 0. The SMILES string of the molecule is C[C@H](OC(=O)CN1C(=O)[C@H]2CC=CC[C@H]2C1=O)C(=O)Nc1ccc(F)cc1. The number of esters is 1. The van der Waals surface area contributed by atoms with Gasteiger partial charge >= 0.3 is 5.97 Å². The van der Waals surface area contributed by atoms with Gasteiger partial charge in [-0.2, -0.15) is 0 Å². The summed E-state index contributed by atoms with van der Waals surface area (Å²) in [5.74, 6) is -3.49. The first kappa shape index (κ1) is 18.8. The van der Waals surface area contributed by atoms with Crippen molar-refractivity contribution in [3.8, 4) is 0 Å². The number of carbonyl (C=O) groups excluding carboxylic acids is 4. The Kier molecular flexibility index (Phi) is 5.34. The average Bonchev–Trinajstić information content (AvgIpc) is 2.89. The van der Waals surface area contributed by atoms with Crippen LogP contribution < -0.4 is 5.32 Å². The summed E-state index contributed by atoms with van der Waals surface area (Å²) in [5.41, 5.74) is 0.353. The maximum atomic E-state index is 12.9. The number of rotatable bonds is 5. The minimum absolute atomic E-state index is 0.353. The predicted molar refractivity (Wildman–Crippen MR) is 92.7 cm³/mol. The fraction of sp³-hybridized carbons (Fsp3) is 0.368. The molecule has 3 atom stereocenters. The Bertz CT molecular complexity index is 779. The van der Waals surface area contributed by atoms with Gasteiger partial charge in [0.15, 0.2) is 6.10 Å². The van der Waals surface area contributed by atoms with Crippen LogP contribution in [0.4, 0.5) is 10.1 Å². The summed E-state index contributed by atoms with van der Waals surface area (Å²) in [4.78, 5) is 49.7. The van der Waals surface area contributed by atoms with Gasteiger partial charge in [-0.1, -0.05) is 12.2 Å². The molecule has 3 rings (SSSR count). The lowest BCUT2D eigenvalue weighted by Gasteiger charge is -2.17. The van der Waals surface area contributed by atoms with Crippen LogP contribution in [0.1, 0.15) is 19.8 Å². The van der Waals surface area contributed by atoms with Gasteiger partial charge in [-0.05, 0) is 44.0 Å². The molecule has 142 valence electrons. The molecule has 1 aliphatic heterocycles. The van der Waals surface area contributed by atoms with Gasteiger partial charge in [0.1, 0.15) is 12.4 Å². The van der Waals surface area contributed by atoms with E-state index in [-0.39, 0.29) is 11.8 Å². The molecule has 0 bridgehead atoms. The number of halogens is 1. The van der Waals surface area contributed by atoms with Crippen molar-refractivity contribution in [1.82, 2.24) is 4.90 Å². The summed E-state index contributed by atoms with van der Waals surface area (Å²) >= 11 is 0. The number of amides is 3. The van der Waals surface area contributed by atoms with E-state index in [1.54, 1.807) is 0 Å². The third kappa shape index (κ3) is 4.05. The second kappa shape index (κ2) is 7.69. The van der Waals surface area contributed by atoms with Crippen LogP contribution in [0.15, 0.2) is 36.4 Å². The summed E-state index contributed by atoms with van der Waals surface area (Å²) in [6.07, 6.45) is 3.54. The number of nitrogens with one attached hydrogen (secondary N) is 1. The molecule has 0 spiro atoms. The standard InChI is InChI=1S/C19H19FN2O5/c1-11(17(24)21-13-8-6-12(20)7-9-13)27-16(23)10-22-18(25)14-4-2-3-5-15(14)19(22)26/h2-3,6-9,11,14-15H,4-5,10H2,1H3,(H,21,24)/t11-,14-,15+/m0/s1. The molecule has 1 heterocycles. The van der Waals surface area contributed by atoms with Crippen molar-refractivity contribution in [2.24, 2.45) is 11.8 Å². The molecule has 0 saturated carbocycles. The van der Waals surface area contributed by atoms with Gasteiger partial charge in [0.2, 0.25) is 11.8 Å². The van der Waals surface area contributed by atoms with Crippen molar-refractivity contribution < 1.29 is 28.3 Å². The number of benzene rings is 1. The second-order valence-electron chi connectivity index (χ2n) is 6.55. The molecular weight excluding hydrogens is 355 g/mol. The van der Waals surface area contributed by atoms with Gasteiger partial charge in [0, 0.05) is 5.69 Å². The van der Waals surface area contributed by atoms with Crippen LogP contribution in [0.5, 0.6) is 0 Å². The van der Waals surface area contributed by atoms with Crippen LogP contribution in [0.25, 0.3) is 0 Å². The number of carbonyl (C=O) groups is 4. The summed E-state index contributed by atoms with van der Waals surface area (Å²) < 4.78 is 17.9. The number of nitrogens with zero attached hydrogens (tertiary/aromatic N) is 1. The van der Waals surface area contributed by atoms with Gasteiger partial charge in [-0.15, -0.1) is 0 Å². The normalized spacial score (nSPS) is 22.4. The van der Waals surface area contributed by atoms with E-state index >= 15 is 0 Å². The van der Waals surface area contributed by atoms with Crippen LogP contribution in [0, 0.1) is 17.7 Å². The van der Waals surface area contributed by atoms with Crippen molar-refractivity contribution >= 4 is 29.4 Å². The van der Waals surface area contributed by atoms with Gasteiger partial charge < -0.3 is 10.1 Å². The van der Waals surface area contributed by atoms with Crippen LogP contribution in [-0.4, -0.2) is 41.2 Å². The number of hydrogen-bond donors (Lipinski definition) is 1. The monoisotopic (exact) mass is 374 g/mol. The maximum absolute atomic E-state index is 12.9. The maximum Gasteiger partial charge on any atom is 0.326 e. The molecule has 1 N–H and O–H groups in total. The van der Waals surface area contributed by atoms with Crippen molar-refractivity contribution in [3.05, 3.63) is 42.2 Å². The molecule has 0 radical (unpaired) electrons. The molecule has 1 aliphatic carbocycles.